The van der Waals surface area contributed by atoms with E-state index in [0.29, 0.717) is 26.8 Å². The van der Waals surface area contributed by atoms with Gasteiger partial charge in [0.25, 0.3) is 11.5 Å². The highest BCUT2D eigenvalue weighted by Gasteiger charge is 2.24. The number of carbonyl (C=O) groups is 1. The molecule has 0 bridgehead atoms. The number of fused-ring (bicyclic) bond motifs is 1. The van der Waals surface area contributed by atoms with Gasteiger partial charge in [0.2, 0.25) is 0 Å². The lowest BCUT2D eigenvalue weighted by molar-refractivity contribution is -0.118. The van der Waals surface area contributed by atoms with Crippen molar-refractivity contribution in [3.8, 4) is 11.5 Å². The normalized spacial score (nSPS) is 11.7. The van der Waals surface area contributed by atoms with Crippen LogP contribution in [0.15, 0.2) is 67.4 Å². The van der Waals surface area contributed by atoms with Crippen LogP contribution in [-0.2, 0) is 10.2 Å². The van der Waals surface area contributed by atoms with Gasteiger partial charge in [-0.3, -0.25) is 9.59 Å². The van der Waals surface area contributed by atoms with Crippen molar-refractivity contribution in [2.24, 2.45) is 5.10 Å². The first kappa shape index (κ1) is 30.7. The molecule has 0 unspecified atom stereocenters. The zero-order valence-corrected chi connectivity index (χ0v) is 26.5. The fourth-order valence-electron chi connectivity index (χ4n) is 3.84. The Morgan fingerprint density at radius 3 is 2.59 bits per heavy atom. The predicted octanol–water partition coefficient (Wildman–Crippen LogP) is 7.31. The van der Waals surface area contributed by atoms with Gasteiger partial charge in [-0.25, -0.2) is 9.37 Å². The maximum Gasteiger partial charge on any atom is 0.282 e. The molecule has 3 aromatic carbocycles. The summed E-state index contributed by atoms with van der Waals surface area (Å²) in [6.07, 6.45) is 1.47. The van der Waals surface area contributed by atoms with Crippen molar-refractivity contribution in [2.45, 2.75) is 33.1 Å². The van der Waals surface area contributed by atoms with Crippen LogP contribution in [0.25, 0.3) is 10.9 Å². The zero-order chi connectivity index (χ0) is 29.9. The minimum Gasteiger partial charge on any atom is -0.490 e. The predicted molar refractivity (Wildman–Crippen MR) is 166 cm³/mol. The smallest absolute Gasteiger partial charge is 0.282 e. The largest absolute Gasteiger partial charge is 0.490 e. The van der Waals surface area contributed by atoms with Crippen molar-refractivity contribution in [3.05, 3.63) is 90.1 Å². The molecule has 0 aliphatic heterocycles. The molecule has 1 amide bonds. The monoisotopic (exact) mass is 706 g/mol. The van der Waals surface area contributed by atoms with Gasteiger partial charge in [0.05, 0.1) is 29.4 Å². The van der Waals surface area contributed by atoms with Gasteiger partial charge in [-0.15, -0.1) is 0 Å². The minimum atomic E-state index is -0.583. The van der Waals surface area contributed by atoms with E-state index >= 15 is 0 Å². The highest BCUT2D eigenvalue weighted by molar-refractivity contribution is 9.10. The molecule has 1 N–H and O–H groups in total. The number of anilines is 1. The third-order valence-corrected chi connectivity index (χ3v) is 7.68. The lowest BCUT2D eigenvalue weighted by atomic mass is 9.95. The number of para-hydroxylation sites is 1. The number of nitrogens with one attached hydrogen (secondary N) is 1. The van der Waals surface area contributed by atoms with Crippen LogP contribution in [0.3, 0.4) is 0 Å². The van der Waals surface area contributed by atoms with E-state index in [4.69, 9.17) is 26.1 Å². The summed E-state index contributed by atoms with van der Waals surface area (Å²) >= 11 is 13.5. The first-order chi connectivity index (χ1) is 19.4. The number of hydrogen-bond donors (Lipinski definition) is 1. The Bertz CT molecular complexity index is 1720. The van der Waals surface area contributed by atoms with Crippen LogP contribution in [0, 0.1) is 5.82 Å². The molecule has 0 saturated heterocycles. The van der Waals surface area contributed by atoms with Crippen molar-refractivity contribution < 1.29 is 18.7 Å². The highest BCUT2D eigenvalue weighted by atomic mass is 79.9. The molecule has 12 heteroatoms. The number of hydrogen-bond acceptors (Lipinski definition) is 6. The van der Waals surface area contributed by atoms with Gasteiger partial charge in [0.15, 0.2) is 18.1 Å². The van der Waals surface area contributed by atoms with E-state index in [1.807, 2.05) is 26.8 Å². The van der Waals surface area contributed by atoms with Gasteiger partial charge < -0.3 is 14.8 Å². The Balaban J connectivity index is 1.69. The second kappa shape index (κ2) is 12.7. The molecule has 4 aromatic rings. The molecule has 8 nitrogen and oxygen atoms in total. The van der Waals surface area contributed by atoms with Crippen molar-refractivity contribution in [1.82, 2.24) is 9.66 Å². The molecule has 1 heterocycles. The van der Waals surface area contributed by atoms with Gasteiger partial charge in [0, 0.05) is 19.9 Å². The molecule has 1 aromatic heterocycles. The van der Waals surface area contributed by atoms with Gasteiger partial charge >= 0.3 is 0 Å². The molecule has 0 atom stereocenters. The Labute approximate surface area is 257 Å². The number of aromatic nitrogens is 2. The lowest BCUT2D eigenvalue weighted by Gasteiger charge is -2.21. The molecule has 0 spiro atoms. The van der Waals surface area contributed by atoms with Crippen LogP contribution in [-0.4, -0.2) is 35.0 Å². The molecule has 0 fully saturated rings. The summed E-state index contributed by atoms with van der Waals surface area (Å²) in [6.45, 7) is 7.45. The Hall–Kier alpha value is -3.28. The quantitative estimate of drug-likeness (QED) is 0.194. The number of halogens is 4. The molecular formula is C29H26Br2ClFN4O4. The maximum absolute atomic E-state index is 13.9. The lowest BCUT2D eigenvalue weighted by Crippen LogP contribution is -2.29. The van der Waals surface area contributed by atoms with Crippen LogP contribution in [0.4, 0.5) is 10.1 Å². The summed E-state index contributed by atoms with van der Waals surface area (Å²) in [5, 5.41) is 7.49. The molecule has 4 rings (SSSR count). The van der Waals surface area contributed by atoms with Gasteiger partial charge in [0.1, 0.15) is 16.7 Å². The molecule has 0 saturated carbocycles. The van der Waals surface area contributed by atoms with Gasteiger partial charge in [-0.05, 0) is 59.3 Å². The number of ether oxygens (including phenoxy) is 2. The second-order valence-electron chi connectivity index (χ2n) is 9.88. The van der Waals surface area contributed by atoms with Gasteiger partial charge in [-0.2, -0.15) is 9.78 Å². The Kier molecular flexibility index (Phi) is 9.51. The maximum atomic E-state index is 13.9. The van der Waals surface area contributed by atoms with Crippen LogP contribution < -0.4 is 20.3 Å². The topological polar surface area (TPSA) is 94.8 Å². The van der Waals surface area contributed by atoms with E-state index in [0.717, 1.165) is 4.47 Å². The number of rotatable bonds is 8. The van der Waals surface area contributed by atoms with E-state index < -0.39 is 23.7 Å². The highest BCUT2D eigenvalue weighted by Crippen LogP contribution is 2.42. The van der Waals surface area contributed by atoms with E-state index in [2.05, 4.69) is 42.3 Å². The number of amides is 1. The van der Waals surface area contributed by atoms with E-state index in [-0.39, 0.29) is 34.4 Å². The first-order valence-electron chi connectivity index (χ1n) is 12.5. The van der Waals surface area contributed by atoms with E-state index in [1.54, 1.807) is 31.2 Å². The first-order valence-corrected chi connectivity index (χ1v) is 14.5. The van der Waals surface area contributed by atoms with Crippen molar-refractivity contribution >= 4 is 72.2 Å². The molecule has 0 radical (unpaired) electrons. The average molecular weight is 709 g/mol. The van der Waals surface area contributed by atoms with Crippen LogP contribution in [0.5, 0.6) is 11.5 Å². The van der Waals surface area contributed by atoms with E-state index in [1.165, 1.54) is 29.1 Å². The van der Waals surface area contributed by atoms with Crippen molar-refractivity contribution in [1.29, 1.82) is 0 Å². The van der Waals surface area contributed by atoms with Gasteiger partial charge in [-0.1, -0.05) is 60.4 Å². The summed E-state index contributed by atoms with van der Waals surface area (Å²) in [7, 11) is 0. The summed E-state index contributed by atoms with van der Waals surface area (Å²) < 4.78 is 27.8. The second-order valence-corrected chi connectivity index (χ2v) is 12.0. The molecular weight excluding hydrogens is 683 g/mol. The number of benzene rings is 3. The summed E-state index contributed by atoms with van der Waals surface area (Å²) in [5.41, 5.74) is 0.265. The van der Waals surface area contributed by atoms with E-state index in [9.17, 15) is 14.0 Å². The molecule has 0 aliphatic carbocycles. The summed E-state index contributed by atoms with van der Waals surface area (Å²) in [5.74, 6) is -0.305. The molecule has 0 aliphatic rings. The molecule has 214 valence electrons. The van der Waals surface area contributed by atoms with Crippen LogP contribution in [0.1, 0.15) is 39.1 Å². The number of carbonyl (C=O) groups excluding carboxylic acids is 1. The Morgan fingerprint density at radius 2 is 1.90 bits per heavy atom. The average Bonchev–Trinajstić information content (AvgIpc) is 2.91. The van der Waals surface area contributed by atoms with Crippen molar-refractivity contribution in [2.75, 3.05) is 18.5 Å². The summed E-state index contributed by atoms with van der Waals surface area (Å²) in [6, 6.07) is 12.7. The number of nitrogens with zero attached hydrogens (tertiary/aromatic N) is 3. The standard InChI is InChI=1S/C29H26Br2ClFN4O4/c1-5-40-22-12-16(24(31)25(32)26(22)41-15-23(38)35-21-9-7-6-8-19(21)33)14-34-37-27(39)18-13-17(30)10-11-20(18)36-28(37)29(2,3)4/h6-14H,5,15H2,1-4H3,(H,35,38). The molecule has 41 heavy (non-hydrogen) atoms. The van der Waals surface area contributed by atoms with Crippen LogP contribution >= 0.6 is 43.5 Å². The SMILES string of the molecule is CCOc1cc(C=Nn2c(C(C)(C)C)nc3ccc(Br)cc3c2=O)c(Br)c(Cl)c1OCC(=O)Nc1ccccc1F. The summed E-state index contributed by atoms with van der Waals surface area (Å²) in [4.78, 5) is 30.6. The fraction of sp³-hybridized carbons (Fsp3) is 0.241. The van der Waals surface area contributed by atoms with Crippen molar-refractivity contribution in [3.63, 3.8) is 0 Å². The fourth-order valence-corrected chi connectivity index (χ4v) is 4.86. The third-order valence-electron chi connectivity index (χ3n) is 5.74. The Morgan fingerprint density at radius 1 is 1.17 bits per heavy atom. The minimum absolute atomic E-state index is 0.0328. The van der Waals surface area contributed by atoms with Crippen LogP contribution in [0.2, 0.25) is 5.02 Å². The zero-order valence-electron chi connectivity index (χ0n) is 22.6. The third kappa shape index (κ3) is 6.97.